The third-order valence-corrected chi connectivity index (χ3v) is 8.06. The van der Waals surface area contributed by atoms with Gasteiger partial charge in [-0.25, -0.2) is 8.42 Å². The molecule has 202 valence electrons. The summed E-state index contributed by atoms with van der Waals surface area (Å²) in [6.07, 6.45) is 5.40. The van der Waals surface area contributed by atoms with Crippen LogP contribution in [0.1, 0.15) is 50.2 Å². The van der Waals surface area contributed by atoms with Crippen molar-refractivity contribution in [1.82, 2.24) is 10.2 Å². The number of amides is 2. The number of rotatable bonds is 11. The molecule has 0 bridgehead atoms. The van der Waals surface area contributed by atoms with Gasteiger partial charge in [-0.1, -0.05) is 49.6 Å². The molecule has 0 aromatic heterocycles. The highest BCUT2D eigenvalue weighted by molar-refractivity contribution is 7.92. The fraction of sp³-hybridized carbons (Fsp3) is 0.481. The highest BCUT2D eigenvalue weighted by Gasteiger charge is 2.33. The number of nitrogens with one attached hydrogen (secondary N) is 1. The molecule has 10 heteroatoms. The standard InChI is InChI=1S/C27H36ClN3O5S/c1-5-24(27(33)29-22-10-6-7-11-22)30(17-20-9-8-12-23(15-20)36-3)26(32)18-31(37(4,34)35)25-16-21(28)14-13-19(25)2/h8-9,12-16,22,24H,5-7,10-11,17-18H2,1-4H3,(H,29,33)/t24-/m1/s1. The predicted octanol–water partition coefficient (Wildman–Crippen LogP) is 4.29. The van der Waals surface area contributed by atoms with Gasteiger partial charge in [-0.15, -0.1) is 0 Å². The minimum absolute atomic E-state index is 0.0944. The molecule has 1 atom stereocenters. The van der Waals surface area contributed by atoms with Crippen molar-refractivity contribution in [2.75, 3.05) is 24.2 Å². The number of ether oxygens (including phenoxy) is 1. The van der Waals surface area contributed by atoms with Crippen LogP contribution in [0.3, 0.4) is 0 Å². The second-order valence-corrected chi connectivity index (χ2v) is 11.8. The maximum atomic E-state index is 13.8. The van der Waals surface area contributed by atoms with E-state index in [0.29, 0.717) is 28.4 Å². The van der Waals surface area contributed by atoms with Gasteiger partial charge in [0.1, 0.15) is 18.3 Å². The van der Waals surface area contributed by atoms with Crippen molar-refractivity contribution in [3.8, 4) is 5.75 Å². The molecular weight excluding hydrogens is 514 g/mol. The first-order valence-corrected chi connectivity index (χ1v) is 14.7. The lowest BCUT2D eigenvalue weighted by Crippen LogP contribution is -2.53. The van der Waals surface area contributed by atoms with Gasteiger partial charge < -0.3 is 15.0 Å². The van der Waals surface area contributed by atoms with E-state index >= 15 is 0 Å². The molecule has 0 saturated heterocycles. The van der Waals surface area contributed by atoms with Crippen LogP contribution in [0, 0.1) is 6.92 Å². The largest absolute Gasteiger partial charge is 0.497 e. The zero-order valence-electron chi connectivity index (χ0n) is 21.9. The molecular formula is C27H36ClN3O5S. The summed E-state index contributed by atoms with van der Waals surface area (Å²) < 4.78 is 32.0. The normalized spacial score (nSPS) is 14.7. The average Bonchev–Trinajstić information content (AvgIpc) is 3.36. The Morgan fingerprint density at radius 2 is 1.86 bits per heavy atom. The van der Waals surface area contributed by atoms with Gasteiger partial charge in [0.15, 0.2) is 0 Å². The first-order valence-electron chi connectivity index (χ1n) is 12.5. The van der Waals surface area contributed by atoms with Crippen LogP contribution in [-0.2, 0) is 26.2 Å². The molecule has 37 heavy (non-hydrogen) atoms. The van der Waals surface area contributed by atoms with Crippen LogP contribution >= 0.6 is 11.6 Å². The molecule has 0 spiro atoms. The quantitative estimate of drug-likeness (QED) is 0.451. The van der Waals surface area contributed by atoms with Crippen LogP contribution in [-0.4, -0.2) is 57.1 Å². The minimum Gasteiger partial charge on any atom is -0.497 e. The molecule has 0 unspecified atom stereocenters. The molecule has 0 aliphatic heterocycles. The molecule has 2 aromatic carbocycles. The van der Waals surface area contributed by atoms with Gasteiger partial charge in [-0.3, -0.25) is 13.9 Å². The first-order chi connectivity index (χ1) is 17.5. The third-order valence-electron chi connectivity index (χ3n) is 6.69. The van der Waals surface area contributed by atoms with Gasteiger partial charge in [-0.05, 0) is 61.6 Å². The average molecular weight is 550 g/mol. The maximum Gasteiger partial charge on any atom is 0.244 e. The van der Waals surface area contributed by atoms with E-state index in [4.69, 9.17) is 16.3 Å². The van der Waals surface area contributed by atoms with E-state index in [2.05, 4.69) is 5.32 Å². The SMILES string of the molecule is CC[C@H](C(=O)NC1CCCC1)N(Cc1cccc(OC)c1)C(=O)CN(c1cc(Cl)ccc1C)S(C)(=O)=O. The van der Waals surface area contributed by atoms with Crippen LogP contribution < -0.4 is 14.4 Å². The number of methoxy groups -OCH3 is 1. The number of hydrogen-bond acceptors (Lipinski definition) is 5. The summed E-state index contributed by atoms with van der Waals surface area (Å²) in [7, 11) is -2.28. The molecule has 1 saturated carbocycles. The Morgan fingerprint density at radius 1 is 1.16 bits per heavy atom. The van der Waals surface area contributed by atoms with E-state index in [9.17, 15) is 18.0 Å². The summed E-state index contributed by atoms with van der Waals surface area (Å²) in [5.74, 6) is -0.0859. The van der Waals surface area contributed by atoms with E-state index in [1.807, 2.05) is 19.1 Å². The van der Waals surface area contributed by atoms with Crippen molar-refractivity contribution >= 4 is 39.1 Å². The lowest BCUT2D eigenvalue weighted by Gasteiger charge is -2.33. The Bertz CT molecular complexity index is 1210. The van der Waals surface area contributed by atoms with E-state index in [0.717, 1.165) is 41.8 Å². The Hall–Kier alpha value is -2.78. The number of carbonyl (C=O) groups is 2. The Labute approximate surface area is 225 Å². The predicted molar refractivity (Wildman–Crippen MR) is 146 cm³/mol. The van der Waals surface area contributed by atoms with Gasteiger partial charge in [0.05, 0.1) is 19.1 Å². The zero-order valence-corrected chi connectivity index (χ0v) is 23.4. The molecule has 1 aliphatic carbocycles. The van der Waals surface area contributed by atoms with Gasteiger partial charge >= 0.3 is 0 Å². The molecule has 2 amide bonds. The second kappa shape index (κ2) is 12.6. The molecule has 3 rings (SSSR count). The van der Waals surface area contributed by atoms with Crippen LogP contribution in [0.5, 0.6) is 5.75 Å². The van der Waals surface area contributed by atoms with Crippen molar-refractivity contribution in [3.63, 3.8) is 0 Å². The fourth-order valence-corrected chi connectivity index (χ4v) is 5.77. The van der Waals surface area contributed by atoms with E-state index < -0.39 is 28.5 Å². The Morgan fingerprint density at radius 3 is 2.49 bits per heavy atom. The number of aryl methyl sites for hydroxylation is 1. The fourth-order valence-electron chi connectivity index (χ4n) is 4.70. The van der Waals surface area contributed by atoms with E-state index in [1.54, 1.807) is 38.3 Å². The molecule has 1 aliphatic rings. The van der Waals surface area contributed by atoms with Crippen molar-refractivity contribution in [2.24, 2.45) is 0 Å². The van der Waals surface area contributed by atoms with Gasteiger partial charge in [0.25, 0.3) is 0 Å². The van der Waals surface area contributed by atoms with Crippen LogP contribution in [0.4, 0.5) is 5.69 Å². The summed E-state index contributed by atoms with van der Waals surface area (Å²) >= 11 is 6.16. The summed E-state index contributed by atoms with van der Waals surface area (Å²) in [6, 6.07) is 11.5. The topological polar surface area (TPSA) is 96.0 Å². The van der Waals surface area contributed by atoms with Gasteiger partial charge in [0.2, 0.25) is 21.8 Å². The smallest absolute Gasteiger partial charge is 0.244 e. The number of anilines is 1. The highest BCUT2D eigenvalue weighted by atomic mass is 35.5. The van der Waals surface area contributed by atoms with Crippen molar-refractivity contribution in [1.29, 1.82) is 0 Å². The Balaban J connectivity index is 1.96. The number of benzene rings is 2. The lowest BCUT2D eigenvalue weighted by atomic mass is 10.1. The summed E-state index contributed by atoms with van der Waals surface area (Å²) in [4.78, 5) is 28.7. The minimum atomic E-state index is -3.83. The highest BCUT2D eigenvalue weighted by Crippen LogP contribution is 2.27. The second-order valence-electron chi connectivity index (χ2n) is 9.49. The molecule has 8 nitrogen and oxygen atoms in total. The molecule has 1 N–H and O–H groups in total. The Kier molecular flexibility index (Phi) is 9.84. The van der Waals surface area contributed by atoms with Crippen molar-refractivity contribution in [3.05, 3.63) is 58.6 Å². The van der Waals surface area contributed by atoms with E-state index in [-0.39, 0.29) is 18.5 Å². The van der Waals surface area contributed by atoms with Crippen LogP contribution in [0.2, 0.25) is 5.02 Å². The molecule has 0 radical (unpaired) electrons. The number of nitrogens with zero attached hydrogens (tertiary/aromatic N) is 2. The van der Waals surface area contributed by atoms with Crippen LogP contribution in [0.25, 0.3) is 0 Å². The monoisotopic (exact) mass is 549 g/mol. The summed E-state index contributed by atoms with van der Waals surface area (Å²) in [5.41, 5.74) is 1.76. The zero-order chi connectivity index (χ0) is 27.2. The maximum absolute atomic E-state index is 13.8. The number of hydrogen-bond donors (Lipinski definition) is 1. The van der Waals surface area contributed by atoms with Gasteiger partial charge in [-0.2, -0.15) is 0 Å². The summed E-state index contributed by atoms with van der Waals surface area (Å²) in [5, 5.41) is 3.46. The van der Waals surface area contributed by atoms with Gasteiger partial charge in [0, 0.05) is 17.6 Å². The molecule has 0 heterocycles. The number of sulfonamides is 1. The third kappa shape index (κ3) is 7.61. The van der Waals surface area contributed by atoms with Crippen molar-refractivity contribution < 1.29 is 22.7 Å². The molecule has 1 fully saturated rings. The van der Waals surface area contributed by atoms with E-state index in [1.165, 1.54) is 11.0 Å². The first kappa shape index (κ1) is 28.8. The van der Waals surface area contributed by atoms with Crippen molar-refractivity contribution in [2.45, 2.75) is 64.6 Å². The molecule has 2 aromatic rings. The van der Waals surface area contributed by atoms with Crippen LogP contribution in [0.15, 0.2) is 42.5 Å². The number of carbonyl (C=O) groups excluding carboxylic acids is 2. The lowest BCUT2D eigenvalue weighted by molar-refractivity contribution is -0.140. The summed E-state index contributed by atoms with van der Waals surface area (Å²) in [6.45, 7) is 3.27. The number of halogens is 1.